The molecule has 0 amide bonds. The largest absolute Gasteiger partial charge is 0.381 e. The van der Waals surface area contributed by atoms with E-state index in [2.05, 4.69) is 5.32 Å². The van der Waals surface area contributed by atoms with Gasteiger partial charge in [0.15, 0.2) is 0 Å². The summed E-state index contributed by atoms with van der Waals surface area (Å²) in [6, 6.07) is 0. The average molecular weight is 117 g/mol. The van der Waals surface area contributed by atoms with Gasteiger partial charge >= 0.3 is 0 Å². The van der Waals surface area contributed by atoms with E-state index in [9.17, 15) is 0 Å². The third-order valence-electron chi connectivity index (χ3n) is 1.52. The van der Waals surface area contributed by atoms with Crippen molar-refractivity contribution < 1.29 is 6.16 Å². The molecule has 1 atom stereocenters. The molecule has 0 aromatic rings. The van der Waals surface area contributed by atoms with Crippen molar-refractivity contribution >= 4 is 0 Å². The lowest BCUT2D eigenvalue weighted by molar-refractivity contribution is 0.185. The van der Waals surface area contributed by atoms with E-state index in [0.717, 1.165) is 25.7 Å². The van der Waals surface area contributed by atoms with E-state index < -0.39 is 0 Å². The van der Waals surface area contributed by atoms with Crippen LogP contribution in [0.4, 0.5) is 0 Å². The summed E-state index contributed by atoms with van der Waals surface area (Å²) in [6.45, 7) is 3.03. The third-order valence-corrected chi connectivity index (χ3v) is 1.52. The summed E-state index contributed by atoms with van der Waals surface area (Å²) < 4.78 is 5.17. The molecule has 0 bridgehead atoms. The number of hydrogen-bond donors (Lipinski definition) is 1. The highest BCUT2D eigenvalue weighted by atomic mass is 16.5. The van der Waals surface area contributed by atoms with Crippen LogP contribution >= 0.6 is 0 Å². The fourth-order valence-electron chi connectivity index (χ4n) is 1.03. The highest BCUT2D eigenvalue weighted by Crippen LogP contribution is 2.09. The lowest BCUT2D eigenvalue weighted by atomic mass is 10.1. The fraction of sp³-hybridized carbons (Fsp3) is 1.00. The monoisotopic (exact) mass is 117 g/mol. The predicted molar refractivity (Wildman–Crippen MR) is 35.0 cm³/mol. The zero-order chi connectivity index (χ0) is 5.82. The van der Waals surface area contributed by atoms with E-state index in [0.29, 0.717) is 0 Å². The molecular formula is C6H15NO. The van der Waals surface area contributed by atoms with Gasteiger partial charge in [-0.3, -0.25) is 0 Å². The summed E-state index contributed by atoms with van der Waals surface area (Å²) in [5.41, 5.74) is 0. The van der Waals surface area contributed by atoms with Crippen molar-refractivity contribution in [2.75, 3.05) is 26.8 Å². The van der Waals surface area contributed by atoms with E-state index in [1.807, 2.05) is 7.05 Å². The predicted octanol–water partition coefficient (Wildman–Crippen LogP) is 0.488. The second-order valence-electron chi connectivity index (χ2n) is 2.29. The quantitative estimate of drug-likeness (QED) is 0.568. The van der Waals surface area contributed by atoms with Crippen molar-refractivity contribution in [1.82, 2.24) is 5.32 Å². The van der Waals surface area contributed by atoms with Crippen LogP contribution in [0.2, 0.25) is 0 Å². The molecule has 0 spiro atoms. The molecule has 1 rings (SSSR count). The van der Waals surface area contributed by atoms with Gasteiger partial charge in [-0.1, -0.05) is 0 Å². The smallest absolute Gasteiger partial charge is 0.0507 e. The number of ether oxygens (including phenoxy) is 1. The molecule has 0 unspecified atom stereocenters. The first-order valence-electron chi connectivity index (χ1n) is 3.16. The maximum Gasteiger partial charge on any atom is 0.0507 e. The van der Waals surface area contributed by atoms with Crippen LogP contribution in [0.5, 0.6) is 0 Å². The molecule has 0 aromatic carbocycles. The third kappa shape index (κ3) is 1.46. The molecule has 0 aromatic heterocycles. The van der Waals surface area contributed by atoms with Crippen molar-refractivity contribution in [3.8, 4) is 0 Å². The first-order chi connectivity index (χ1) is 3.93. The van der Waals surface area contributed by atoms with Gasteiger partial charge in [-0.15, -0.1) is 0 Å². The summed E-state index contributed by atoms with van der Waals surface area (Å²) in [7, 11) is 1.98. The second kappa shape index (κ2) is 3.05. The van der Waals surface area contributed by atoms with E-state index >= 15 is 0 Å². The fourth-order valence-corrected chi connectivity index (χ4v) is 1.03. The Bertz CT molecular complexity index is 64.1. The van der Waals surface area contributed by atoms with Crippen LogP contribution in [-0.2, 0) is 4.74 Å². The molecule has 0 radical (unpaired) electrons. The second-order valence-corrected chi connectivity index (χ2v) is 2.29. The summed E-state index contributed by atoms with van der Waals surface area (Å²) in [6.07, 6.45) is 1.24. The Balaban J connectivity index is 0.000000640. The van der Waals surface area contributed by atoms with Crippen molar-refractivity contribution in [3.63, 3.8) is 0 Å². The minimum absolute atomic E-state index is 0. The minimum atomic E-state index is 0. The summed E-state index contributed by atoms with van der Waals surface area (Å²) in [5.74, 6) is 0.778. The van der Waals surface area contributed by atoms with E-state index in [4.69, 9.17) is 4.74 Å². The maximum atomic E-state index is 5.17. The molecule has 50 valence electrons. The molecule has 8 heavy (non-hydrogen) atoms. The van der Waals surface area contributed by atoms with Crippen molar-refractivity contribution in [3.05, 3.63) is 0 Å². The Labute approximate surface area is 51.7 Å². The van der Waals surface area contributed by atoms with E-state index in [-0.39, 0.29) is 1.43 Å². The Morgan fingerprint density at radius 1 is 1.88 bits per heavy atom. The minimum Gasteiger partial charge on any atom is -0.381 e. The van der Waals surface area contributed by atoms with Crippen LogP contribution in [0, 0.1) is 5.92 Å². The zero-order valence-corrected chi connectivity index (χ0v) is 5.31. The first-order valence-corrected chi connectivity index (χ1v) is 3.16. The van der Waals surface area contributed by atoms with Gasteiger partial charge in [-0.25, -0.2) is 0 Å². The highest BCUT2D eigenvalue weighted by Gasteiger charge is 2.13. The van der Waals surface area contributed by atoms with Gasteiger partial charge in [-0.05, 0) is 25.9 Å². The molecule has 1 saturated heterocycles. The van der Waals surface area contributed by atoms with Crippen LogP contribution in [0.3, 0.4) is 0 Å². The van der Waals surface area contributed by atoms with Gasteiger partial charge < -0.3 is 10.1 Å². The van der Waals surface area contributed by atoms with Gasteiger partial charge in [0, 0.05) is 8.03 Å². The standard InChI is InChI=1S/C6H13NO.H2/c1-7-4-6-2-3-8-5-6;/h6-7H,2-5H2,1H3;1H/t6-;/m1./s1. The summed E-state index contributed by atoms with van der Waals surface area (Å²) in [5, 5.41) is 3.13. The Morgan fingerprint density at radius 3 is 3.25 bits per heavy atom. The molecule has 1 fully saturated rings. The molecule has 2 nitrogen and oxygen atoms in total. The molecule has 1 aliphatic rings. The maximum absolute atomic E-state index is 5.17. The van der Waals surface area contributed by atoms with Gasteiger partial charge in [0.25, 0.3) is 0 Å². The van der Waals surface area contributed by atoms with Crippen LogP contribution < -0.4 is 5.32 Å². The van der Waals surface area contributed by atoms with Gasteiger partial charge in [-0.2, -0.15) is 0 Å². The Morgan fingerprint density at radius 2 is 2.75 bits per heavy atom. The van der Waals surface area contributed by atoms with Gasteiger partial charge in [0.1, 0.15) is 0 Å². The lowest BCUT2D eigenvalue weighted by Crippen LogP contribution is -2.18. The Hall–Kier alpha value is -0.0800. The van der Waals surface area contributed by atoms with E-state index in [1.54, 1.807) is 0 Å². The van der Waals surface area contributed by atoms with Crippen LogP contribution in [0.25, 0.3) is 0 Å². The van der Waals surface area contributed by atoms with Crippen molar-refractivity contribution in [2.24, 2.45) is 5.92 Å². The molecule has 1 N–H and O–H groups in total. The summed E-state index contributed by atoms with van der Waals surface area (Å²) >= 11 is 0. The molecule has 2 heteroatoms. The normalized spacial score (nSPS) is 28.9. The number of nitrogens with one attached hydrogen (secondary N) is 1. The lowest BCUT2D eigenvalue weighted by Gasteiger charge is -2.03. The van der Waals surface area contributed by atoms with Crippen LogP contribution in [0.15, 0.2) is 0 Å². The molecule has 1 aliphatic heterocycles. The SMILES string of the molecule is CNC[C@H]1CCOC1.[HH]. The van der Waals surface area contributed by atoms with Crippen LogP contribution in [-0.4, -0.2) is 26.8 Å². The van der Waals surface area contributed by atoms with E-state index in [1.165, 1.54) is 6.42 Å². The number of rotatable bonds is 2. The topological polar surface area (TPSA) is 21.3 Å². The average Bonchev–Trinajstić information content (AvgIpc) is 2.19. The number of hydrogen-bond acceptors (Lipinski definition) is 2. The first kappa shape index (κ1) is 6.05. The molecule has 0 aliphatic carbocycles. The Kier molecular flexibility index (Phi) is 2.30. The van der Waals surface area contributed by atoms with Gasteiger partial charge in [0.2, 0.25) is 0 Å². The van der Waals surface area contributed by atoms with Crippen molar-refractivity contribution in [1.29, 1.82) is 0 Å². The van der Waals surface area contributed by atoms with Crippen LogP contribution in [0.1, 0.15) is 7.85 Å². The molecule has 1 heterocycles. The van der Waals surface area contributed by atoms with Crippen molar-refractivity contribution in [2.45, 2.75) is 6.42 Å². The van der Waals surface area contributed by atoms with Gasteiger partial charge in [0.05, 0.1) is 6.61 Å². The molecular weight excluding hydrogens is 102 g/mol. The summed E-state index contributed by atoms with van der Waals surface area (Å²) in [4.78, 5) is 0. The molecule has 0 saturated carbocycles. The highest BCUT2D eigenvalue weighted by molar-refractivity contribution is 4.64. The zero-order valence-electron chi connectivity index (χ0n) is 5.31.